The van der Waals surface area contributed by atoms with E-state index < -0.39 is 48.4 Å². The Morgan fingerprint density at radius 3 is 2.63 bits per heavy atom. The predicted molar refractivity (Wildman–Crippen MR) is 116 cm³/mol. The number of aliphatic hydroxyl groups excluding tert-OH is 2. The fourth-order valence-electron chi connectivity index (χ4n) is 4.09. The standard InChI is InChI=1S/C22H18ClF3N6O3/c23-12-2-1-3-13(6-12)32-22(27-10-28-32)18-7-17(21(34)19(9-33)35-18)31-8-16(29-30-31)11-4-14(24)20(26)15(25)5-11/h1-6,8,10,17-19,21,33-34H,7,9H2/t17-,18-,19-,21-/m1/s1. The van der Waals surface area contributed by atoms with Crippen LogP contribution in [-0.4, -0.2) is 58.8 Å². The van der Waals surface area contributed by atoms with Gasteiger partial charge in [-0.3, -0.25) is 0 Å². The number of aromatic nitrogens is 6. The second-order valence-corrected chi connectivity index (χ2v) is 8.42. The van der Waals surface area contributed by atoms with Crippen molar-refractivity contribution < 1.29 is 28.1 Å². The molecule has 0 radical (unpaired) electrons. The summed E-state index contributed by atoms with van der Waals surface area (Å²) in [6.45, 7) is -0.491. The first-order valence-corrected chi connectivity index (χ1v) is 10.9. The van der Waals surface area contributed by atoms with Gasteiger partial charge in [0.2, 0.25) is 0 Å². The minimum atomic E-state index is -1.58. The molecule has 1 aliphatic rings. The molecular weight excluding hydrogens is 489 g/mol. The van der Waals surface area contributed by atoms with Crippen molar-refractivity contribution in [3.8, 4) is 16.9 Å². The highest BCUT2D eigenvalue weighted by atomic mass is 35.5. The Labute approximate surface area is 201 Å². The molecular formula is C22H18ClF3N6O3. The van der Waals surface area contributed by atoms with Crippen LogP contribution in [0.4, 0.5) is 13.2 Å². The van der Waals surface area contributed by atoms with Gasteiger partial charge in [0.25, 0.3) is 0 Å². The highest BCUT2D eigenvalue weighted by Crippen LogP contribution is 2.38. The van der Waals surface area contributed by atoms with Crippen LogP contribution in [0.15, 0.2) is 48.9 Å². The van der Waals surface area contributed by atoms with Gasteiger partial charge in [-0.05, 0) is 30.3 Å². The van der Waals surface area contributed by atoms with E-state index in [1.54, 1.807) is 24.3 Å². The Balaban J connectivity index is 1.47. The summed E-state index contributed by atoms with van der Waals surface area (Å²) < 4.78 is 49.5. The molecule has 4 aromatic rings. The van der Waals surface area contributed by atoms with Crippen molar-refractivity contribution in [3.63, 3.8) is 0 Å². The molecule has 13 heteroatoms. The van der Waals surface area contributed by atoms with Crippen LogP contribution >= 0.6 is 11.6 Å². The van der Waals surface area contributed by atoms with E-state index in [-0.39, 0.29) is 17.7 Å². The monoisotopic (exact) mass is 506 g/mol. The number of halogens is 4. The summed E-state index contributed by atoms with van der Waals surface area (Å²) in [7, 11) is 0. The molecule has 0 unspecified atom stereocenters. The molecule has 4 atom stereocenters. The SMILES string of the molecule is OC[C@H]1O[C@@H](c2ncnn2-c2cccc(Cl)c2)C[C@@H](n2cc(-c3cc(F)c(F)c(F)c3)nn2)[C@H]1O. The molecule has 0 amide bonds. The molecule has 9 nitrogen and oxygen atoms in total. The lowest BCUT2D eigenvalue weighted by Gasteiger charge is -2.38. The van der Waals surface area contributed by atoms with Crippen molar-refractivity contribution in [1.29, 1.82) is 0 Å². The lowest BCUT2D eigenvalue weighted by atomic mass is 9.95. The third kappa shape index (κ3) is 4.41. The first-order chi connectivity index (χ1) is 16.9. The quantitative estimate of drug-likeness (QED) is 0.400. The summed E-state index contributed by atoms with van der Waals surface area (Å²) in [5.41, 5.74) is 0.686. The summed E-state index contributed by atoms with van der Waals surface area (Å²) in [5.74, 6) is -3.90. The maximum absolute atomic E-state index is 13.7. The fourth-order valence-corrected chi connectivity index (χ4v) is 4.27. The van der Waals surface area contributed by atoms with Gasteiger partial charge >= 0.3 is 0 Å². The molecule has 0 spiro atoms. The van der Waals surface area contributed by atoms with Gasteiger partial charge in [0.05, 0.1) is 24.5 Å². The normalized spacial score (nSPS) is 22.5. The highest BCUT2D eigenvalue weighted by Gasteiger charge is 2.41. The molecule has 3 heterocycles. The van der Waals surface area contributed by atoms with Gasteiger partial charge in [-0.15, -0.1) is 5.10 Å². The Morgan fingerprint density at radius 2 is 1.91 bits per heavy atom. The first kappa shape index (κ1) is 23.4. The van der Waals surface area contributed by atoms with Crippen LogP contribution in [0.2, 0.25) is 5.02 Å². The van der Waals surface area contributed by atoms with Gasteiger partial charge in [-0.2, -0.15) is 5.10 Å². The first-order valence-electron chi connectivity index (χ1n) is 10.5. The lowest BCUT2D eigenvalue weighted by Crippen LogP contribution is -2.45. The molecule has 0 saturated carbocycles. The molecule has 5 rings (SSSR count). The summed E-state index contributed by atoms with van der Waals surface area (Å²) in [6, 6.07) is 7.82. The fraction of sp³-hybridized carbons (Fsp3) is 0.273. The van der Waals surface area contributed by atoms with Gasteiger partial charge in [0.15, 0.2) is 23.3 Å². The summed E-state index contributed by atoms with van der Waals surface area (Å²) in [6.07, 6.45) is -0.00885. The zero-order chi connectivity index (χ0) is 24.7. The summed E-state index contributed by atoms with van der Waals surface area (Å²) >= 11 is 6.10. The molecule has 182 valence electrons. The molecule has 1 saturated heterocycles. The van der Waals surface area contributed by atoms with E-state index in [2.05, 4.69) is 20.4 Å². The van der Waals surface area contributed by atoms with Crippen molar-refractivity contribution in [2.45, 2.75) is 30.8 Å². The number of ether oxygens (including phenoxy) is 1. The van der Waals surface area contributed by atoms with E-state index >= 15 is 0 Å². The van der Waals surface area contributed by atoms with Crippen molar-refractivity contribution in [1.82, 2.24) is 29.8 Å². The molecule has 2 N–H and O–H groups in total. The van der Waals surface area contributed by atoms with Crippen molar-refractivity contribution in [2.75, 3.05) is 6.61 Å². The highest BCUT2D eigenvalue weighted by molar-refractivity contribution is 6.30. The summed E-state index contributed by atoms with van der Waals surface area (Å²) in [4.78, 5) is 4.30. The minimum Gasteiger partial charge on any atom is -0.394 e. The third-order valence-corrected chi connectivity index (χ3v) is 6.03. The van der Waals surface area contributed by atoms with Crippen LogP contribution in [0, 0.1) is 17.5 Å². The third-order valence-electron chi connectivity index (χ3n) is 5.79. The molecule has 1 aliphatic heterocycles. The van der Waals surface area contributed by atoms with Gasteiger partial charge in [0, 0.05) is 17.0 Å². The number of rotatable bonds is 5. The van der Waals surface area contributed by atoms with Crippen LogP contribution in [0.5, 0.6) is 0 Å². The molecule has 1 fully saturated rings. The van der Waals surface area contributed by atoms with Crippen molar-refractivity contribution >= 4 is 11.6 Å². The van der Waals surface area contributed by atoms with E-state index in [1.165, 1.54) is 21.9 Å². The molecule has 35 heavy (non-hydrogen) atoms. The van der Waals surface area contributed by atoms with Crippen molar-refractivity contribution in [2.24, 2.45) is 0 Å². The van der Waals surface area contributed by atoms with E-state index in [1.807, 2.05) is 0 Å². The van der Waals surface area contributed by atoms with E-state index in [0.29, 0.717) is 16.5 Å². The van der Waals surface area contributed by atoms with Gasteiger partial charge in [-0.1, -0.05) is 22.9 Å². The maximum atomic E-state index is 13.7. The van der Waals surface area contributed by atoms with Crippen molar-refractivity contribution in [3.05, 3.63) is 77.2 Å². The lowest BCUT2D eigenvalue weighted by molar-refractivity contribution is -0.161. The van der Waals surface area contributed by atoms with Gasteiger partial charge in [0.1, 0.15) is 30.3 Å². The average molecular weight is 507 g/mol. The molecule has 0 aliphatic carbocycles. The molecule has 2 aromatic heterocycles. The Hall–Kier alpha value is -3.32. The number of hydrogen-bond acceptors (Lipinski definition) is 7. The predicted octanol–water partition coefficient (Wildman–Crippen LogP) is 3.02. The second kappa shape index (κ2) is 9.38. The zero-order valence-electron chi connectivity index (χ0n) is 17.8. The zero-order valence-corrected chi connectivity index (χ0v) is 18.6. The van der Waals surface area contributed by atoms with Crippen LogP contribution in [0.25, 0.3) is 16.9 Å². The Morgan fingerprint density at radius 1 is 1.14 bits per heavy atom. The average Bonchev–Trinajstić information content (AvgIpc) is 3.53. The maximum Gasteiger partial charge on any atom is 0.194 e. The number of nitrogens with zero attached hydrogens (tertiary/aromatic N) is 6. The molecule has 2 aromatic carbocycles. The largest absolute Gasteiger partial charge is 0.394 e. The van der Waals surface area contributed by atoms with Gasteiger partial charge < -0.3 is 14.9 Å². The second-order valence-electron chi connectivity index (χ2n) is 7.99. The molecule has 0 bridgehead atoms. The Bertz CT molecular complexity index is 1340. The van der Waals surface area contributed by atoms with E-state index in [0.717, 1.165) is 12.1 Å². The smallest absolute Gasteiger partial charge is 0.194 e. The van der Waals surface area contributed by atoms with E-state index in [4.69, 9.17) is 16.3 Å². The summed E-state index contributed by atoms with van der Waals surface area (Å²) in [5, 5.41) is 33.3. The minimum absolute atomic E-state index is 0.0230. The van der Waals surface area contributed by atoms with Crippen LogP contribution in [-0.2, 0) is 4.74 Å². The Kier molecular flexibility index (Phi) is 6.28. The van der Waals surface area contributed by atoms with Gasteiger partial charge in [-0.25, -0.2) is 27.5 Å². The number of benzene rings is 2. The topological polar surface area (TPSA) is 111 Å². The van der Waals surface area contributed by atoms with E-state index in [9.17, 15) is 23.4 Å². The van der Waals surface area contributed by atoms with Crippen LogP contribution < -0.4 is 0 Å². The number of hydrogen-bond donors (Lipinski definition) is 2. The van der Waals surface area contributed by atoms with Crippen LogP contribution in [0.1, 0.15) is 24.4 Å². The van der Waals surface area contributed by atoms with Crippen LogP contribution in [0.3, 0.4) is 0 Å². The number of aliphatic hydroxyl groups is 2.